The fraction of sp³-hybridized carbons (Fsp3) is 0.462. The average molecular weight is 629 g/mol. The molecule has 0 radical (unpaired) electrons. The lowest BCUT2D eigenvalue weighted by molar-refractivity contribution is -0.164. The summed E-state index contributed by atoms with van der Waals surface area (Å²) in [5, 5.41) is 9.66. The van der Waals surface area contributed by atoms with Gasteiger partial charge < -0.3 is 19.3 Å². The number of rotatable bonds is 4. The fourth-order valence-corrected chi connectivity index (χ4v) is 6.38. The molecule has 0 saturated heterocycles. The van der Waals surface area contributed by atoms with Crippen LogP contribution >= 0.6 is 31.9 Å². The van der Waals surface area contributed by atoms with Gasteiger partial charge in [-0.2, -0.15) is 0 Å². The summed E-state index contributed by atoms with van der Waals surface area (Å²) in [6.07, 6.45) is -0.785. The van der Waals surface area contributed by atoms with Gasteiger partial charge in [0, 0.05) is 25.6 Å². The van der Waals surface area contributed by atoms with Crippen molar-refractivity contribution in [2.45, 2.75) is 65.3 Å². The highest BCUT2D eigenvalue weighted by molar-refractivity contribution is 9.11. The largest absolute Gasteiger partial charge is 0.490 e. The summed E-state index contributed by atoms with van der Waals surface area (Å²) in [5.74, 6) is -0.850. The number of carbonyl (C=O) groups is 2. The molecule has 7 nitrogen and oxygen atoms in total. The third-order valence-electron chi connectivity index (χ3n) is 6.44. The van der Waals surface area contributed by atoms with Gasteiger partial charge in [-0.05, 0) is 84.8 Å². The smallest absolute Gasteiger partial charge is 0.407 e. The number of hydrogen-bond donors (Lipinski definition) is 1. The molecular weight excluding hydrogens is 601 g/mol. The topological polar surface area (TPSA) is 85.3 Å². The molecule has 0 aliphatic carbocycles. The molecule has 2 heterocycles. The minimum Gasteiger partial charge on any atom is -0.490 e. The quantitative estimate of drug-likeness (QED) is 0.381. The Morgan fingerprint density at radius 1 is 1.17 bits per heavy atom. The van der Waals surface area contributed by atoms with E-state index in [0.717, 1.165) is 23.1 Å². The van der Waals surface area contributed by atoms with Crippen molar-refractivity contribution in [3.8, 4) is 16.9 Å². The van der Waals surface area contributed by atoms with Crippen molar-refractivity contribution in [2.24, 2.45) is 0 Å². The first kappa shape index (κ1) is 26.9. The van der Waals surface area contributed by atoms with Crippen LogP contribution in [0, 0.1) is 12.7 Å². The molecule has 0 bridgehead atoms. The Bertz CT molecular complexity index is 1260. The lowest BCUT2D eigenvalue weighted by Crippen LogP contribution is -2.29. The molecule has 36 heavy (non-hydrogen) atoms. The minimum atomic E-state index is -1.16. The van der Waals surface area contributed by atoms with E-state index in [1.54, 1.807) is 0 Å². The van der Waals surface area contributed by atoms with Gasteiger partial charge >= 0.3 is 12.1 Å². The molecular formula is C26H28Br2FNO6. The SMILES string of the molecule is COC(=O)[C@@H](OC(C)(C)C)c1c(Br)c2c(c(Br)c1-c1cc(F)c3c(c1C)CCCO3)CN(C(=O)O)C2. The van der Waals surface area contributed by atoms with Gasteiger partial charge in [-0.1, -0.05) is 15.9 Å². The van der Waals surface area contributed by atoms with Crippen molar-refractivity contribution in [1.29, 1.82) is 0 Å². The maximum Gasteiger partial charge on any atom is 0.407 e. The number of benzene rings is 2. The van der Waals surface area contributed by atoms with Crippen LogP contribution in [0.5, 0.6) is 5.75 Å². The van der Waals surface area contributed by atoms with E-state index in [-0.39, 0.29) is 18.8 Å². The summed E-state index contributed by atoms with van der Waals surface area (Å²) >= 11 is 7.37. The second kappa shape index (κ2) is 9.95. The first-order valence-corrected chi connectivity index (χ1v) is 13.2. The zero-order valence-corrected chi connectivity index (χ0v) is 23.9. The van der Waals surface area contributed by atoms with Crippen LogP contribution in [0.25, 0.3) is 11.1 Å². The Labute approximate surface area is 226 Å². The first-order valence-electron chi connectivity index (χ1n) is 11.6. The van der Waals surface area contributed by atoms with Crippen molar-refractivity contribution < 1.29 is 33.3 Å². The third kappa shape index (κ3) is 4.75. The van der Waals surface area contributed by atoms with Crippen LogP contribution in [0.15, 0.2) is 15.0 Å². The number of nitrogens with zero attached hydrogens (tertiary/aromatic N) is 1. The molecule has 1 amide bonds. The summed E-state index contributed by atoms with van der Waals surface area (Å²) in [5.41, 5.74) is 3.92. The number of carboxylic acid groups (broad SMARTS) is 1. The highest BCUT2D eigenvalue weighted by Gasteiger charge is 2.39. The van der Waals surface area contributed by atoms with Crippen molar-refractivity contribution in [3.63, 3.8) is 0 Å². The van der Waals surface area contributed by atoms with Gasteiger partial charge in [0.15, 0.2) is 17.7 Å². The average Bonchev–Trinajstić information content (AvgIpc) is 3.28. The molecule has 194 valence electrons. The zero-order chi connectivity index (χ0) is 26.5. The Kier molecular flexibility index (Phi) is 7.43. The minimum absolute atomic E-state index is 0.131. The molecule has 2 aromatic carbocycles. The van der Waals surface area contributed by atoms with Gasteiger partial charge in [-0.15, -0.1) is 0 Å². The summed E-state index contributed by atoms with van der Waals surface area (Å²) < 4.78 is 33.4. The van der Waals surface area contributed by atoms with E-state index in [9.17, 15) is 14.7 Å². The summed E-state index contributed by atoms with van der Waals surface area (Å²) in [4.78, 5) is 26.2. The van der Waals surface area contributed by atoms with E-state index >= 15 is 4.39 Å². The number of esters is 1. The van der Waals surface area contributed by atoms with E-state index in [1.165, 1.54) is 18.1 Å². The van der Waals surface area contributed by atoms with Crippen LogP contribution in [0.4, 0.5) is 9.18 Å². The number of fused-ring (bicyclic) bond motifs is 2. The maximum atomic E-state index is 15.3. The van der Waals surface area contributed by atoms with E-state index in [0.29, 0.717) is 44.2 Å². The zero-order valence-electron chi connectivity index (χ0n) is 20.8. The Morgan fingerprint density at radius 3 is 2.39 bits per heavy atom. The van der Waals surface area contributed by atoms with Gasteiger partial charge in [0.1, 0.15) is 0 Å². The van der Waals surface area contributed by atoms with Crippen LogP contribution in [0.2, 0.25) is 0 Å². The standard InChI is InChI=1S/C26H28Br2FNO6/c1-12-13-7-6-8-35-22(13)17(29)9-14(12)18-19(23(24(31)34-5)36-26(2,3)4)21(28)16-11-30(25(32)33)10-15(16)20(18)27/h9,23H,6-8,10-11H2,1-5H3,(H,32,33)/t23-/m0/s1. The van der Waals surface area contributed by atoms with Crippen LogP contribution in [0.1, 0.15) is 61.1 Å². The fourth-order valence-electron chi connectivity index (χ4n) is 4.82. The second-order valence-corrected chi connectivity index (χ2v) is 11.5. The number of ether oxygens (including phenoxy) is 3. The molecule has 0 aromatic heterocycles. The predicted molar refractivity (Wildman–Crippen MR) is 139 cm³/mol. The predicted octanol–water partition coefficient (Wildman–Crippen LogP) is 6.67. The lowest BCUT2D eigenvalue weighted by atomic mass is 9.86. The monoisotopic (exact) mass is 627 g/mol. The molecule has 2 aliphatic rings. The molecule has 0 spiro atoms. The van der Waals surface area contributed by atoms with E-state index in [4.69, 9.17) is 14.2 Å². The van der Waals surface area contributed by atoms with Crippen LogP contribution in [0.3, 0.4) is 0 Å². The lowest BCUT2D eigenvalue weighted by Gasteiger charge is -2.30. The number of amides is 1. The van der Waals surface area contributed by atoms with Crippen molar-refractivity contribution in [1.82, 2.24) is 4.90 Å². The van der Waals surface area contributed by atoms with Crippen molar-refractivity contribution in [3.05, 3.63) is 48.6 Å². The first-order chi connectivity index (χ1) is 16.9. The molecule has 10 heteroatoms. The molecule has 1 N–H and O–H groups in total. The molecule has 0 unspecified atom stereocenters. The van der Waals surface area contributed by atoms with E-state index in [1.807, 2.05) is 27.7 Å². The van der Waals surface area contributed by atoms with Crippen LogP contribution in [-0.2, 0) is 33.8 Å². The third-order valence-corrected chi connectivity index (χ3v) is 8.22. The van der Waals surface area contributed by atoms with Gasteiger partial charge in [0.05, 0.1) is 32.4 Å². The highest BCUT2D eigenvalue weighted by atomic mass is 79.9. The van der Waals surface area contributed by atoms with E-state index in [2.05, 4.69) is 31.9 Å². The Hall–Kier alpha value is -2.17. The van der Waals surface area contributed by atoms with Crippen LogP contribution in [-0.4, -0.2) is 41.4 Å². The Balaban J connectivity index is 2.08. The van der Waals surface area contributed by atoms with Gasteiger partial charge in [-0.3, -0.25) is 4.90 Å². The highest BCUT2D eigenvalue weighted by Crippen LogP contribution is 2.50. The molecule has 2 aromatic rings. The Morgan fingerprint density at radius 2 is 1.81 bits per heavy atom. The number of hydrogen-bond acceptors (Lipinski definition) is 5. The van der Waals surface area contributed by atoms with Gasteiger partial charge in [-0.25, -0.2) is 14.0 Å². The van der Waals surface area contributed by atoms with E-state index < -0.39 is 29.6 Å². The van der Waals surface area contributed by atoms with Gasteiger partial charge in [0.2, 0.25) is 0 Å². The van der Waals surface area contributed by atoms with Crippen molar-refractivity contribution >= 4 is 43.9 Å². The maximum absolute atomic E-state index is 15.3. The summed E-state index contributed by atoms with van der Waals surface area (Å²) in [6, 6.07) is 1.41. The number of methoxy groups -OCH3 is 1. The van der Waals surface area contributed by atoms with Gasteiger partial charge in [0.25, 0.3) is 0 Å². The van der Waals surface area contributed by atoms with Crippen molar-refractivity contribution in [2.75, 3.05) is 13.7 Å². The molecule has 0 saturated carbocycles. The number of carbonyl (C=O) groups excluding carboxylic acids is 1. The molecule has 2 aliphatic heterocycles. The normalized spacial score (nSPS) is 15.7. The van der Waals surface area contributed by atoms with Crippen LogP contribution < -0.4 is 4.74 Å². The molecule has 4 rings (SSSR count). The summed E-state index contributed by atoms with van der Waals surface area (Å²) in [7, 11) is 1.28. The molecule has 1 atom stereocenters. The molecule has 0 fully saturated rings. The second-order valence-electron chi connectivity index (χ2n) is 9.94. The number of halogens is 3. The summed E-state index contributed by atoms with van der Waals surface area (Å²) in [6.45, 7) is 8.12.